The van der Waals surface area contributed by atoms with E-state index in [2.05, 4.69) is 10.3 Å². The second-order valence-electron chi connectivity index (χ2n) is 7.78. The second kappa shape index (κ2) is 9.74. The lowest BCUT2D eigenvalue weighted by Crippen LogP contribution is -2.50. The van der Waals surface area contributed by atoms with Gasteiger partial charge in [0.2, 0.25) is 17.7 Å². The number of nitrogens with one attached hydrogen (secondary N) is 1. The van der Waals surface area contributed by atoms with Crippen LogP contribution in [0.3, 0.4) is 0 Å². The van der Waals surface area contributed by atoms with Crippen molar-refractivity contribution in [2.24, 2.45) is 0 Å². The Balaban J connectivity index is 1.26. The number of amides is 2. The topological polar surface area (TPSA) is 78.7 Å². The quantitative estimate of drug-likeness (QED) is 0.642. The molecule has 0 unspecified atom stereocenters. The third-order valence-corrected chi connectivity index (χ3v) is 5.45. The number of nitrogens with zero attached hydrogens (tertiary/aromatic N) is 3. The minimum Gasteiger partial charge on any atom is -0.441 e. The van der Waals surface area contributed by atoms with Crippen molar-refractivity contribution in [3.05, 3.63) is 71.9 Å². The molecule has 0 bridgehead atoms. The third-order valence-electron chi connectivity index (χ3n) is 5.45. The predicted molar refractivity (Wildman–Crippen MR) is 118 cm³/mol. The maximum absolute atomic E-state index is 13.0. The number of rotatable bonds is 6. The van der Waals surface area contributed by atoms with Gasteiger partial charge in [0.25, 0.3) is 0 Å². The van der Waals surface area contributed by atoms with E-state index >= 15 is 0 Å². The van der Waals surface area contributed by atoms with Crippen molar-refractivity contribution >= 4 is 17.5 Å². The van der Waals surface area contributed by atoms with Gasteiger partial charge in [-0.3, -0.25) is 14.5 Å². The maximum atomic E-state index is 13.0. The number of hydrogen-bond donors (Lipinski definition) is 1. The maximum Gasteiger partial charge on any atom is 0.238 e. The number of aromatic nitrogens is 1. The highest BCUT2D eigenvalue weighted by molar-refractivity contribution is 5.92. The molecule has 1 aromatic heterocycles. The van der Waals surface area contributed by atoms with Crippen molar-refractivity contribution in [3.8, 4) is 11.5 Å². The zero-order valence-corrected chi connectivity index (χ0v) is 17.9. The van der Waals surface area contributed by atoms with E-state index in [-0.39, 0.29) is 30.6 Å². The zero-order valence-electron chi connectivity index (χ0n) is 17.9. The molecule has 4 rings (SSSR count). The smallest absolute Gasteiger partial charge is 0.238 e. The minimum absolute atomic E-state index is 0.00331. The van der Waals surface area contributed by atoms with Crippen LogP contribution < -0.4 is 5.32 Å². The molecule has 0 aliphatic carbocycles. The summed E-state index contributed by atoms with van der Waals surface area (Å²) in [5.74, 6) is 0.650. The molecule has 0 atom stereocenters. The van der Waals surface area contributed by atoms with Gasteiger partial charge in [0.1, 0.15) is 11.6 Å². The Morgan fingerprint density at radius 3 is 2.41 bits per heavy atom. The first-order chi connectivity index (χ1) is 15.5. The third kappa shape index (κ3) is 5.39. The van der Waals surface area contributed by atoms with Gasteiger partial charge in [-0.1, -0.05) is 18.2 Å². The fourth-order valence-corrected chi connectivity index (χ4v) is 3.64. The SMILES string of the molecule is Cc1oc(-c2ccccc2)nc1CC(=O)N1CCN(CC(=O)Nc2ccc(F)cc2)CC1. The number of hydrogen-bond acceptors (Lipinski definition) is 5. The van der Waals surface area contributed by atoms with Crippen LogP contribution >= 0.6 is 0 Å². The first-order valence-electron chi connectivity index (χ1n) is 10.6. The number of benzene rings is 2. The molecule has 3 aromatic rings. The molecule has 32 heavy (non-hydrogen) atoms. The van der Waals surface area contributed by atoms with Crippen LogP contribution in [0.5, 0.6) is 0 Å². The van der Waals surface area contributed by atoms with Gasteiger partial charge < -0.3 is 14.6 Å². The number of oxazole rings is 1. The molecule has 166 valence electrons. The van der Waals surface area contributed by atoms with Crippen molar-refractivity contribution in [3.63, 3.8) is 0 Å². The average molecular weight is 436 g/mol. The highest BCUT2D eigenvalue weighted by Crippen LogP contribution is 2.22. The Labute approximate surface area is 185 Å². The van der Waals surface area contributed by atoms with Crippen LogP contribution in [0.1, 0.15) is 11.5 Å². The summed E-state index contributed by atoms with van der Waals surface area (Å²) in [5.41, 5.74) is 2.08. The highest BCUT2D eigenvalue weighted by Gasteiger charge is 2.24. The Kier molecular flexibility index (Phi) is 6.61. The average Bonchev–Trinajstić information content (AvgIpc) is 3.16. The molecule has 0 radical (unpaired) electrons. The van der Waals surface area contributed by atoms with E-state index in [0.717, 1.165) is 5.56 Å². The van der Waals surface area contributed by atoms with Crippen LogP contribution in [0, 0.1) is 12.7 Å². The minimum atomic E-state index is -0.346. The van der Waals surface area contributed by atoms with E-state index in [1.54, 1.807) is 4.90 Å². The molecule has 2 aromatic carbocycles. The summed E-state index contributed by atoms with van der Waals surface area (Å²) in [7, 11) is 0. The van der Waals surface area contributed by atoms with Gasteiger partial charge in [0.15, 0.2) is 0 Å². The molecule has 1 aliphatic rings. The van der Waals surface area contributed by atoms with Crippen molar-refractivity contribution in [1.29, 1.82) is 0 Å². The van der Waals surface area contributed by atoms with Crippen LogP contribution in [0.4, 0.5) is 10.1 Å². The van der Waals surface area contributed by atoms with Crippen LogP contribution in [-0.2, 0) is 16.0 Å². The van der Waals surface area contributed by atoms with Gasteiger partial charge in [-0.2, -0.15) is 0 Å². The molecule has 1 fully saturated rings. The molecule has 1 aliphatic heterocycles. The second-order valence-corrected chi connectivity index (χ2v) is 7.78. The van der Waals surface area contributed by atoms with Crippen LogP contribution in [0.2, 0.25) is 0 Å². The summed E-state index contributed by atoms with van der Waals surface area (Å²) < 4.78 is 18.7. The first-order valence-corrected chi connectivity index (χ1v) is 10.6. The van der Waals surface area contributed by atoms with E-state index in [4.69, 9.17) is 4.42 Å². The van der Waals surface area contributed by atoms with Crippen molar-refractivity contribution in [1.82, 2.24) is 14.8 Å². The fraction of sp³-hybridized carbons (Fsp3) is 0.292. The first kappa shape index (κ1) is 21.7. The summed E-state index contributed by atoms with van der Waals surface area (Å²) in [6, 6.07) is 15.3. The molecular formula is C24H25FN4O3. The predicted octanol–water partition coefficient (Wildman–Crippen LogP) is 3.11. The molecule has 1 saturated heterocycles. The van der Waals surface area contributed by atoms with E-state index in [1.807, 2.05) is 42.2 Å². The van der Waals surface area contributed by atoms with Gasteiger partial charge in [0, 0.05) is 37.4 Å². The van der Waals surface area contributed by atoms with E-state index in [9.17, 15) is 14.0 Å². The van der Waals surface area contributed by atoms with Crippen LogP contribution in [-0.4, -0.2) is 59.3 Å². The van der Waals surface area contributed by atoms with Gasteiger partial charge in [-0.25, -0.2) is 9.37 Å². The van der Waals surface area contributed by atoms with Crippen molar-refractivity contribution in [2.45, 2.75) is 13.3 Å². The Morgan fingerprint density at radius 1 is 1.03 bits per heavy atom. The largest absolute Gasteiger partial charge is 0.441 e. The summed E-state index contributed by atoms with van der Waals surface area (Å²) in [4.78, 5) is 33.3. The lowest BCUT2D eigenvalue weighted by Gasteiger charge is -2.34. The molecule has 7 nitrogen and oxygen atoms in total. The fourth-order valence-electron chi connectivity index (χ4n) is 3.64. The lowest BCUT2D eigenvalue weighted by molar-refractivity contribution is -0.132. The normalized spacial score (nSPS) is 14.4. The number of halogens is 1. The standard InChI is InChI=1S/C24H25FN4O3/c1-17-21(27-24(32-17)18-5-3-2-4-6-18)15-23(31)29-13-11-28(12-14-29)16-22(30)26-20-9-7-19(25)8-10-20/h2-10H,11-16H2,1H3,(H,26,30). The molecule has 8 heteroatoms. The van der Waals surface area contributed by atoms with E-state index < -0.39 is 0 Å². The lowest BCUT2D eigenvalue weighted by atomic mass is 10.2. The van der Waals surface area contributed by atoms with Crippen LogP contribution in [0.25, 0.3) is 11.5 Å². The summed E-state index contributed by atoms with van der Waals surface area (Å²) >= 11 is 0. The van der Waals surface area contributed by atoms with Crippen LogP contribution in [0.15, 0.2) is 59.0 Å². The highest BCUT2D eigenvalue weighted by atomic mass is 19.1. The summed E-state index contributed by atoms with van der Waals surface area (Å²) in [6.45, 7) is 4.35. The van der Waals surface area contributed by atoms with E-state index in [1.165, 1.54) is 24.3 Å². The number of piperazine rings is 1. The molecule has 2 heterocycles. The number of carbonyl (C=O) groups excluding carboxylic acids is 2. The van der Waals surface area contributed by atoms with Crippen molar-refractivity contribution in [2.75, 3.05) is 38.0 Å². The van der Waals surface area contributed by atoms with Gasteiger partial charge in [0.05, 0.1) is 18.7 Å². The number of anilines is 1. The molecular weight excluding hydrogens is 411 g/mol. The zero-order chi connectivity index (χ0) is 22.5. The Bertz CT molecular complexity index is 1070. The summed E-state index contributed by atoms with van der Waals surface area (Å²) in [5, 5.41) is 2.76. The van der Waals surface area contributed by atoms with Gasteiger partial charge >= 0.3 is 0 Å². The molecule has 1 N–H and O–H groups in total. The Hall–Kier alpha value is -3.52. The monoisotopic (exact) mass is 436 g/mol. The summed E-state index contributed by atoms with van der Waals surface area (Å²) in [6.07, 6.45) is 0.188. The number of aryl methyl sites for hydroxylation is 1. The Morgan fingerprint density at radius 2 is 1.72 bits per heavy atom. The number of carbonyl (C=O) groups is 2. The molecule has 0 spiro atoms. The van der Waals surface area contributed by atoms with Gasteiger partial charge in [-0.15, -0.1) is 0 Å². The van der Waals surface area contributed by atoms with Gasteiger partial charge in [-0.05, 0) is 43.3 Å². The molecule has 2 amide bonds. The molecule has 0 saturated carbocycles. The van der Waals surface area contributed by atoms with E-state index in [0.29, 0.717) is 49.2 Å². The van der Waals surface area contributed by atoms with Crippen molar-refractivity contribution < 1.29 is 18.4 Å².